The van der Waals surface area contributed by atoms with Crippen molar-refractivity contribution in [1.29, 1.82) is 0 Å². The van der Waals surface area contributed by atoms with E-state index in [-0.39, 0.29) is 0 Å². The van der Waals surface area contributed by atoms with Crippen LogP contribution in [-0.2, 0) is 0 Å². The third-order valence-electron chi connectivity index (χ3n) is 2.21. The van der Waals surface area contributed by atoms with Crippen LogP contribution >= 0.6 is 0 Å². The largest absolute Gasteiger partial charge is 0.204 e. The molecule has 0 aliphatic carbocycles. The van der Waals surface area contributed by atoms with Gasteiger partial charge in [-0.25, -0.2) is 8.78 Å². The summed E-state index contributed by atoms with van der Waals surface area (Å²) in [6.45, 7) is 3.75. The number of hydrogen-bond acceptors (Lipinski definition) is 0. The zero-order chi connectivity index (χ0) is 10.8. The second-order valence-electron chi connectivity index (χ2n) is 3.33. The third kappa shape index (κ3) is 2.04. The van der Waals surface area contributed by atoms with Crippen LogP contribution in [0.2, 0.25) is 0 Å². The van der Waals surface area contributed by atoms with E-state index in [0.29, 0.717) is 5.56 Å². The van der Waals surface area contributed by atoms with Crippen molar-refractivity contribution in [2.45, 2.75) is 0 Å². The summed E-state index contributed by atoms with van der Waals surface area (Å²) in [6.07, 6.45) is 0. The lowest BCUT2D eigenvalue weighted by Crippen LogP contribution is -1.85. The fraction of sp³-hybridized carbons (Fsp3) is 0. The minimum Gasteiger partial charge on any atom is -0.204 e. The van der Waals surface area contributed by atoms with E-state index in [9.17, 15) is 8.78 Å². The molecule has 0 atom stereocenters. The van der Waals surface area contributed by atoms with Crippen LogP contribution in [0.3, 0.4) is 0 Å². The summed E-state index contributed by atoms with van der Waals surface area (Å²) < 4.78 is 25.7. The Balaban J connectivity index is 2.45. The van der Waals surface area contributed by atoms with Crippen LogP contribution in [0.15, 0.2) is 42.5 Å². The zero-order valence-electron chi connectivity index (χ0n) is 8.00. The lowest BCUT2D eigenvalue weighted by molar-refractivity contribution is 0.509. The predicted molar refractivity (Wildman–Crippen MR) is 56.3 cm³/mol. The maximum absolute atomic E-state index is 13.0. The summed E-state index contributed by atoms with van der Waals surface area (Å²) in [7, 11) is 0. The van der Waals surface area contributed by atoms with E-state index in [1.54, 1.807) is 6.07 Å². The second kappa shape index (κ2) is 3.81. The molecule has 0 fully saturated rings. The normalized spacial score (nSPS) is 10.3. The number of halogens is 2. The van der Waals surface area contributed by atoms with Crippen molar-refractivity contribution < 1.29 is 8.78 Å². The monoisotopic (exact) mass is 203 g/mol. The fourth-order valence-electron chi connectivity index (χ4n) is 1.37. The van der Waals surface area contributed by atoms with Crippen molar-refractivity contribution in [3.05, 3.63) is 66.6 Å². The van der Waals surface area contributed by atoms with E-state index < -0.39 is 11.6 Å². The van der Waals surface area contributed by atoms with Crippen LogP contribution in [0.4, 0.5) is 8.78 Å². The minimum atomic E-state index is -0.828. The lowest BCUT2D eigenvalue weighted by atomic mass is 10.0. The van der Waals surface area contributed by atoms with Crippen molar-refractivity contribution in [2.75, 3.05) is 0 Å². The van der Waals surface area contributed by atoms with Gasteiger partial charge in [0.1, 0.15) is 0 Å². The Labute approximate surface area is 87.2 Å². The van der Waals surface area contributed by atoms with Gasteiger partial charge in [-0.1, -0.05) is 30.3 Å². The fourth-order valence-corrected chi connectivity index (χ4v) is 1.37. The molecule has 2 rings (SSSR count). The number of rotatable bonds is 1. The Morgan fingerprint density at radius 1 is 0.733 bits per heavy atom. The van der Waals surface area contributed by atoms with Gasteiger partial charge in [0.25, 0.3) is 0 Å². The quantitative estimate of drug-likeness (QED) is 0.661. The lowest BCUT2D eigenvalue weighted by Gasteiger charge is -2.02. The minimum absolute atomic E-state index is 0.661. The molecular weight excluding hydrogens is 194 g/mol. The third-order valence-corrected chi connectivity index (χ3v) is 2.21. The zero-order valence-corrected chi connectivity index (χ0v) is 8.00. The molecular formula is C13H9F2. The van der Waals surface area contributed by atoms with Gasteiger partial charge in [0.05, 0.1) is 0 Å². The predicted octanol–water partition coefficient (Wildman–Crippen LogP) is 3.81. The van der Waals surface area contributed by atoms with Gasteiger partial charge in [-0.15, -0.1) is 0 Å². The highest BCUT2D eigenvalue weighted by Crippen LogP contribution is 2.21. The van der Waals surface area contributed by atoms with Gasteiger partial charge in [-0.2, -0.15) is 0 Å². The summed E-state index contributed by atoms with van der Waals surface area (Å²) in [5.74, 6) is -1.65. The van der Waals surface area contributed by atoms with Crippen LogP contribution in [0.1, 0.15) is 5.56 Å². The van der Waals surface area contributed by atoms with Crippen molar-refractivity contribution in [2.24, 2.45) is 0 Å². The van der Waals surface area contributed by atoms with E-state index in [1.807, 2.05) is 24.3 Å². The second-order valence-corrected chi connectivity index (χ2v) is 3.33. The molecule has 0 N–H and O–H groups in total. The maximum Gasteiger partial charge on any atom is 0.159 e. The summed E-state index contributed by atoms with van der Waals surface area (Å²) in [5.41, 5.74) is 2.40. The standard InChI is InChI=1S/C13H9F2/c1-9-2-4-10(5-3-9)11-6-7-12(14)13(15)8-11/h2-8H,1H2. The summed E-state index contributed by atoms with van der Waals surface area (Å²) >= 11 is 0. The average Bonchev–Trinajstić information content (AvgIpc) is 2.23. The number of hydrogen-bond donors (Lipinski definition) is 0. The summed E-state index contributed by atoms with van der Waals surface area (Å²) in [6, 6.07) is 11.2. The molecule has 75 valence electrons. The summed E-state index contributed by atoms with van der Waals surface area (Å²) in [5, 5.41) is 0. The smallest absolute Gasteiger partial charge is 0.159 e. The molecule has 0 unspecified atom stereocenters. The van der Waals surface area contributed by atoms with E-state index in [2.05, 4.69) is 6.92 Å². The van der Waals surface area contributed by atoms with Gasteiger partial charge in [0, 0.05) is 0 Å². The van der Waals surface area contributed by atoms with Crippen molar-refractivity contribution >= 4 is 0 Å². The molecule has 0 heterocycles. The first-order valence-corrected chi connectivity index (χ1v) is 4.54. The first kappa shape index (κ1) is 9.84. The number of benzene rings is 2. The first-order valence-electron chi connectivity index (χ1n) is 4.54. The molecule has 0 saturated heterocycles. The van der Waals surface area contributed by atoms with Crippen molar-refractivity contribution in [3.8, 4) is 11.1 Å². The van der Waals surface area contributed by atoms with Crippen LogP contribution < -0.4 is 0 Å². The van der Waals surface area contributed by atoms with Gasteiger partial charge in [0.15, 0.2) is 11.6 Å². The molecule has 2 aromatic carbocycles. The molecule has 15 heavy (non-hydrogen) atoms. The highest BCUT2D eigenvalue weighted by Gasteiger charge is 2.03. The Hall–Kier alpha value is -1.70. The molecule has 0 spiro atoms. The Kier molecular flexibility index (Phi) is 2.50. The molecule has 0 nitrogen and oxygen atoms in total. The Morgan fingerprint density at radius 2 is 1.33 bits per heavy atom. The SMILES string of the molecule is [CH2]c1ccc(-c2ccc(F)c(F)c2)cc1. The molecule has 2 aromatic rings. The van der Waals surface area contributed by atoms with E-state index in [0.717, 1.165) is 17.2 Å². The summed E-state index contributed by atoms with van der Waals surface area (Å²) in [4.78, 5) is 0. The molecule has 2 heteroatoms. The van der Waals surface area contributed by atoms with Crippen LogP contribution in [0.5, 0.6) is 0 Å². The Bertz CT molecular complexity index is 472. The topological polar surface area (TPSA) is 0 Å². The molecule has 0 saturated carbocycles. The molecule has 0 bridgehead atoms. The average molecular weight is 203 g/mol. The molecule has 1 radical (unpaired) electrons. The Morgan fingerprint density at radius 3 is 1.93 bits per heavy atom. The highest BCUT2D eigenvalue weighted by molar-refractivity contribution is 5.63. The van der Waals surface area contributed by atoms with Crippen LogP contribution in [-0.4, -0.2) is 0 Å². The van der Waals surface area contributed by atoms with Gasteiger partial charge in [0.2, 0.25) is 0 Å². The van der Waals surface area contributed by atoms with E-state index in [4.69, 9.17) is 0 Å². The molecule has 0 aromatic heterocycles. The van der Waals surface area contributed by atoms with Crippen LogP contribution in [0.25, 0.3) is 11.1 Å². The highest BCUT2D eigenvalue weighted by atomic mass is 19.2. The van der Waals surface area contributed by atoms with Gasteiger partial charge in [-0.05, 0) is 35.7 Å². The first-order chi connectivity index (χ1) is 7.16. The maximum atomic E-state index is 13.0. The molecule has 0 amide bonds. The van der Waals surface area contributed by atoms with E-state index in [1.165, 1.54) is 6.07 Å². The molecule has 0 aliphatic rings. The van der Waals surface area contributed by atoms with Gasteiger partial charge in [-0.3, -0.25) is 0 Å². The van der Waals surface area contributed by atoms with Gasteiger partial charge < -0.3 is 0 Å². The van der Waals surface area contributed by atoms with Crippen molar-refractivity contribution in [3.63, 3.8) is 0 Å². The van der Waals surface area contributed by atoms with Crippen molar-refractivity contribution in [1.82, 2.24) is 0 Å². The van der Waals surface area contributed by atoms with Crippen LogP contribution in [0, 0.1) is 18.6 Å². The van der Waals surface area contributed by atoms with Gasteiger partial charge >= 0.3 is 0 Å². The molecule has 0 aliphatic heterocycles. The van der Waals surface area contributed by atoms with E-state index >= 15 is 0 Å².